The summed E-state index contributed by atoms with van der Waals surface area (Å²) in [6.45, 7) is 3.49. The molecule has 0 aliphatic carbocycles. The van der Waals surface area contributed by atoms with Crippen LogP contribution in [0.3, 0.4) is 0 Å². The summed E-state index contributed by atoms with van der Waals surface area (Å²) in [5.41, 5.74) is 1.36. The molecule has 23 heavy (non-hydrogen) atoms. The first kappa shape index (κ1) is 16.2. The first-order valence-corrected chi connectivity index (χ1v) is 8.21. The maximum absolute atomic E-state index is 9.28. The van der Waals surface area contributed by atoms with Crippen molar-refractivity contribution in [3.63, 3.8) is 0 Å². The zero-order valence-corrected chi connectivity index (χ0v) is 13.7. The zero-order valence-electron chi connectivity index (χ0n) is 13.7. The molecule has 2 aromatic carbocycles. The van der Waals surface area contributed by atoms with Crippen molar-refractivity contribution in [2.75, 3.05) is 33.5 Å². The molecule has 1 saturated heterocycles. The summed E-state index contributed by atoms with van der Waals surface area (Å²) in [6, 6.07) is 12.6. The van der Waals surface area contributed by atoms with Crippen molar-refractivity contribution in [2.24, 2.45) is 5.41 Å². The van der Waals surface area contributed by atoms with Gasteiger partial charge in [-0.25, -0.2) is 0 Å². The van der Waals surface area contributed by atoms with Crippen LogP contribution in [0.25, 0.3) is 10.8 Å². The number of aliphatic hydroxyl groups excluding tert-OH is 1. The van der Waals surface area contributed by atoms with E-state index in [1.807, 2.05) is 6.07 Å². The smallest absolute Gasteiger partial charge is 0.119 e. The Morgan fingerprint density at radius 3 is 2.78 bits per heavy atom. The van der Waals surface area contributed by atoms with Gasteiger partial charge in [-0.2, -0.15) is 0 Å². The molecule has 1 heterocycles. The highest BCUT2D eigenvalue weighted by atomic mass is 16.5. The number of hydrogen-bond acceptors (Lipinski definition) is 4. The number of rotatable bonds is 7. The average Bonchev–Trinajstić information content (AvgIpc) is 3.03. The Hall–Kier alpha value is -1.62. The van der Waals surface area contributed by atoms with Crippen LogP contribution in [0.2, 0.25) is 0 Å². The first-order chi connectivity index (χ1) is 11.2. The van der Waals surface area contributed by atoms with Crippen molar-refractivity contribution < 1.29 is 14.6 Å². The largest absolute Gasteiger partial charge is 0.497 e. The minimum Gasteiger partial charge on any atom is -0.497 e. The standard InChI is InChI=1S/C19H25NO3/c1-22-18-5-4-16-10-15(2-3-17(16)11-18)12-20-13-19(6-8-21)7-9-23-14-19/h2-5,10-11,20-21H,6-9,12-14H2,1H3. The molecule has 1 aliphatic rings. The van der Waals surface area contributed by atoms with Crippen molar-refractivity contribution in [3.05, 3.63) is 42.0 Å². The summed E-state index contributed by atoms with van der Waals surface area (Å²) < 4.78 is 10.8. The zero-order chi connectivity index (χ0) is 16.1. The minimum atomic E-state index is 0.0962. The van der Waals surface area contributed by atoms with Gasteiger partial charge in [-0.3, -0.25) is 0 Å². The summed E-state index contributed by atoms with van der Waals surface area (Å²) in [7, 11) is 1.69. The lowest BCUT2D eigenvalue weighted by Gasteiger charge is -2.26. The van der Waals surface area contributed by atoms with Crippen molar-refractivity contribution in [1.29, 1.82) is 0 Å². The Labute approximate surface area is 137 Å². The molecule has 2 aromatic rings. The summed E-state index contributed by atoms with van der Waals surface area (Å²) in [5.74, 6) is 0.885. The summed E-state index contributed by atoms with van der Waals surface area (Å²) in [5, 5.41) is 15.2. The minimum absolute atomic E-state index is 0.0962. The summed E-state index contributed by atoms with van der Waals surface area (Å²) in [6.07, 6.45) is 1.83. The van der Waals surface area contributed by atoms with Crippen LogP contribution in [0.15, 0.2) is 36.4 Å². The van der Waals surface area contributed by atoms with E-state index in [4.69, 9.17) is 9.47 Å². The molecule has 0 saturated carbocycles. The van der Waals surface area contributed by atoms with E-state index < -0.39 is 0 Å². The van der Waals surface area contributed by atoms with Crippen LogP contribution in [-0.4, -0.2) is 38.6 Å². The van der Waals surface area contributed by atoms with Gasteiger partial charge in [0, 0.05) is 31.7 Å². The van der Waals surface area contributed by atoms with Crippen LogP contribution >= 0.6 is 0 Å². The molecule has 1 fully saturated rings. The molecule has 3 rings (SSSR count). The Morgan fingerprint density at radius 2 is 2.04 bits per heavy atom. The second kappa shape index (κ2) is 7.30. The molecule has 0 spiro atoms. The van der Waals surface area contributed by atoms with E-state index in [9.17, 15) is 5.11 Å². The highest BCUT2D eigenvalue weighted by Gasteiger charge is 2.33. The van der Waals surface area contributed by atoms with Gasteiger partial charge in [0.05, 0.1) is 13.7 Å². The van der Waals surface area contributed by atoms with Gasteiger partial charge >= 0.3 is 0 Å². The van der Waals surface area contributed by atoms with Crippen molar-refractivity contribution in [1.82, 2.24) is 5.32 Å². The van der Waals surface area contributed by atoms with E-state index in [2.05, 4.69) is 35.6 Å². The Balaban J connectivity index is 1.62. The molecule has 1 atom stereocenters. The quantitative estimate of drug-likeness (QED) is 0.825. The number of hydrogen-bond donors (Lipinski definition) is 2. The highest BCUT2D eigenvalue weighted by Crippen LogP contribution is 2.31. The maximum Gasteiger partial charge on any atom is 0.119 e. The van der Waals surface area contributed by atoms with Gasteiger partial charge in [0.1, 0.15) is 5.75 Å². The lowest BCUT2D eigenvalue weighted by atomic mass is 9.84. The van der Waals surface area contributed by atoms with Gasteiger partial charge in [0.15, 0.2) is 0 Å². The fourth-order valence-corrected chi connectivity index (χ4v) is 3.29. The van der Waals surface area contributed by atoms with Crippen LogP contribution < -0.4 is 10.1 Å². The van der Waals surface area contributed by atoms with Crippen LogP contribution in [0, 0.1) is 5.41 Å². The fraction of sp³-hybridized carbons (Fsp3) is 0.474. The maximum atomic E-state index is 9.28. The molecule has 4 heteroatoms. The van der Waals surface area contributed by atoms with Gasteiger partial charge in [-0.15, -0.1) is 0 Å². The van der Waals surface area contributed by atoms with E-state index in [0.29, 0.717) is 0 Å². The molecule has 0 aromatic heterocycles. The number of ether oxygens (including phenoxy) is 2. The molecule has 1 unspecified atom stereocenters. The predicted octanol–water partition coefficient (Wildman–Crippen LogP) is 2.73. The van der Waals surface area contributed by atoms with E-state index in [-0.39, 0.29) is 12.0 Å². The SMILES string of the molecule is COc1ccc2cc(CNCC3(CCO)CCOC3)ccc2c1. The lowest BCUT2D eigenvalue weighted by molar-refractivity contribution is 0.124. The summed E-state index contributed by atoms with van der Waals surface area (Å²) in [4.78, 5) is 0. The molecule has 0 radical (unpaired) electrons. The number of fused-ring (bicyclic) bond motifs is 1. The number of aliphatic hydroxyl groups is 1. The molecule has 4 nitrogen and oxygen atoms in total. The van der Waals surface area contributed by atoms with Gasteiger partial charge in [0.25, 0.3) is 0 Å². The topological polar surface area (TPSA) is 50.7 Å². The van der Waals surface area contributed by atoms with Crippen molar-refractivity contribution >= 4 is 10.8 Å². The molecule has 124 valence electrons. The third kappa shape index (κ3) is 3.83. The van der Waals surface area contributed by atoms with Gasteiger partial charge in [-0.1, -0.05) is 18.2 Å². The number of nitrogens with one attached hydrogen (secondary N) is 1. The fourth-order valence-electron chi connectivity index (χ4n) is 3.29. The Morgan fingerprint density at radius 1 is 1.22 bits per heavy atom. The molecule has 1 aliphatic heterocycles. The molecular weight excluding hydrogens is 290 g/mol. The number of benzene rings is 2. The van der Waals surface area contributed by atoms with Gasteiger partial charge in [0.2, 0.25) is 0 Å². The van der Waals surface area contributed by atoms with E-state index >= 15 is 0 Å². The van der Waals surface area contributed by atoms with Crippen LogP contribution in [0.4, 0.5) is 0 Å². The molecule has 2 N–H and O–H groups in total. The molecule has 0 bridgehead atoms. The van der Waals surface area contributed by atoms with Crippen molar-refractivity contribution in [2.45, 2.75) is 19.4 Å². The van der Waals surface area contributed by atoms with E-state index in [1.54, 1.807) is 7.11 Å². The predicted molar refractivity (Wildman–Crippen MR) is 91.8 cm³/mol. The molecule has 0 amide bonds. The average molecular weight is 315 g/mol. The lowest BCUT2D eigenvalue weighted by Crippen LogP contribution is -2.35. The Kier molecular flexibility index (Phi) is 5.16. The third-order valence-corrected chi connectivity index (χ3v) is 4.77. The van der Waals surface area contributed by atoms with Crippen LogP contribution in [0.5, 0.6) is 5.75 Å². The first-order valence-electron chi connectivity index (χ1n) is 8.21. The van der Waals surface area contributed by atoms with Crippen molar-refractivity contribution in [3.8, 4) is 5.75 Å². The summed E-state index contributed by atoms with van der Waals surface area (Å²) >= 11 is 0. The van der Waals surface area contributed by atoms with E-state index in [0.717, 1.165) is 44.9 Å². The second-order valence-corrected chi connectivity index (χ2v) is 6.43. The van der Waals surface area contributed by atoms with Crippen LogP contribution in [-0.2, 0) is 11.3 Å². The van der Waals surface area contributed by atoms with Gasteiger partial charge in [-0.05, 0) is 47.4 Å². The van der Waals surface area contributed by atoms with Crippen LogP contribution in [0.1, 0.15) is 18.4 Å². The van der Waals surface area contributed by atoms with Gasteiger partial charge < -0.3 is 19.9 Å². The second-order valence-electron chi connectivity index (χ2n) is 6.43. The number of methoxy groups -OCH3 is 1. The highest BCUT2D eigenvalue weighted by molar-refractivity contribution is 5.84. The van der Waals surface area contributed by atoms with E-state index in [1.165, 1.54) is 16.3 Å². The normalized spacial score (nSPS) is 21.0. The Bertz CT molecular complexity index is 650. The molecular formula is C19H25NO3. The third-order valence-electron chi connectivity index (χ3n) is 4.77. The monoisotopic (exact) mass is 315 g/mol.